The summed E-state index contributed by atoms with van der Waals surface area (Å²) in [6, 6.07) is 15.9. The van der Waals surface area contributed by atoms with Crippen molar-refractivity contribution < 1.29 is 29.0 Å². The van der Waals surface area contributed by atoms with Crippen molar-refractivity contribution in [3.63, 3.8) is 0 Å². The number of nitrogens with one attached hydrogen (secondary N) is 2. The highest BCUT2D eigenvalue weighted by atomic mass is 16.5. The molecule has 1 saturated heterocycles. The molecule has 4 rings (SSSR count). The Morgan fingerprint density at radius 2 is 1.71 bits per heavy atom. The van der Waals surface area contributed by atoms with Crippen LogP contribution in [0, 0.1) is 0 Å². The summed E-state index contributed by atoms with van der Waals surface area (Å²) in [4.78, 5) is 35.6. The van der Waals surface area contributed by atoms with E-state index in [1.165, 1.54) is 11.1 Å². The van der Waals surface area contributed by atoms with Crippen LogP contribution in [0.3, 0.4) is 0 Å². The van der Waals surface area contributed by atoms with E-state index in [4.69, 9.17) is 14.6 Å². The molecule has 8 heteroatoms. The van der Waals surface area contributed by atoms with E-state index in [-0.39, 0.29) is 37.5 Å². The highest BCUT2D eigenvalue weighted by Crippen LogP contribution is 2.44. The van der Waals surface area contributed by atoms with Gasteiger partial charge in [0.05, 0.1) is 12.5 Å². The largest absolute Gasteiger partial charge is 0.481 e. The maximum Gasteiger partial charge on any atom is 0.407 e. The minimum Gasteiger partial charge on any atom is -0.481 e. The average Bonchev–Trinajstić information content (AvgIpc) is 3.44. The number of alkyl carbamates (subject to hydrolysis) is 1. The molecule has 180 valence electrons. The molecule has 3 N–H and O–H groups in total. The second-order valence-electron chi connectivity index (χ2n) is 8.74. The summed E-state index contributed by atoms with van der Waals surface area (Å²) in [5, 5.41) is 14.4. The number of carbonyl (C=O) groups is 3. The number of carboxylic acids is 1. The van der Waals surface area contributed by atoms with E-state index in [9.17, 15) is 14.4 Å². The minimum atomic E-state index is -0.954. The van der Waals surface area contributed by atoms with E-state index < -0.39 is 24.2 Å². The molecule has 1 aliphatic carbocycles. The van der Waals surface area contributed by atoms with Crippen LogP contribution in [0.5, 0.6) is 0 Å². The van der Waals surface area contributed by atoms with Gasteiger partial charge in [-0.25, -0.2) is 4.79 Å². The van der Waals surface area contributed by atoms with Crippen molar-refractivity contribution in [3.8, 4) is 11.1 Å². The maximum atomic E-state index is 12.4. The second-order valence-corrected chi connectivity index (χ2v) is 8.74. The quantitative estimate of drug-likeness (QED) is 0.522. The van der Waals surface area contributed by atoms with Gasteiger partial charge < -0.3 is 25.2 Å². The zero-order chi connectivity index (χ0) is 24.1. The van der Waals surface area contributed by atoms with Gasteiger partial charge in [-0.2, -0.15) is 0 Å². The lowest BCUT2D eigenvalue weighted by Gasteiger charge is -2.19. The molecule has 1 heterocycles. The number of carboxylic acid groups (broad SMARTS) is 1. The first-order valence-electron chi connectivity index (χ1n) is 11.7. The molecule has 34 heavy (non-hydrogen) atoms. The van der Waals surface area contributed by atoms with E-state index in [1.54, 1.807) is 0 Å². The van der Waals surface area contributed by atoms with Gasteiger partial charge in [0.2, 0.25) is 5.91 Å². The first-order valence-corrected chi connectivity index (χ1v) is 11.7. The molecule has 2 amide bonds. The van der Waals surface area contributed by atoms with Gasteiger partial charge in [-0.05, 0) is 41.5 Å². The van der Waals surface area contributed by atoms with E-state index in [1.807, 2.05) is 31.2 Å². The molecular weight excluding hydrogens is 436 g/mol. The number of benzene rings is 2. The summed E-state index contributed by atoms with van der Waals surface area (Å²) in [5.74, 6) is -1.27. The number of carbonyl (C=O) groups excluding carboxylic acids is 2. The summed E-state index contributed by atoms with van der Waals surface area (Å²) in [6.45, 7) is 2.30. The fourth-order valence-electron chi connectivity index (χ4n) is 4.70. The zero-order valence-electron chi connectivity index (χ0n) is 19.2. The molecule has 3 atom stereocenters. The second kappa shape index (κ2) is 10.7. The molecule has 0 bridgehead atoms. The summed E-state index contributed by atoms with van der Waals surface area (Å²) in [5.41, 5.74) is 4.64. The van der Waals surface area contributed by atoms with Crippen LogP contribution in [0.1, 0.15) is 49.7 Å². The molecule has 0 radical (unpaired) electrons. The van der Waals surface area contributed by atoms with Gasteiger partial charge >= 0.3 is 12.1 Å². The standard InChI is InChI=1S/C26H30N2O6/c1-2-16(13-24(29)30)28-25(31)23-12-11-17(34-23)14-27-26(32)33-15-22-20-9-5-3-7-18(20)19-8-4-6-10-21(19)22/h3-10,16-17,22-23H,2,11-15H2,1H3,(H,27,32)(H,28,31)(H,29,30). The fraction of sp³-hybridized carbons (Fsp3) is 0.423. The van der Waals surface area contributed by atoms with Crippen LogP contribution in [-0.4, -0.2) is 54.5 Å². The molecule has 2 aromatic carbocycles. The lowest BCUT2D eigenvalue weighted by atomic mass is 9.98. The molecule has 1 fully saturated rings. The highest BCUT2D eigenvalue weighted by Gasteiger charge is 2.32. The van der Waals surface area contributed by atoms with E-state index in [2.05, 4.69) is 34.9 Å². The van der Waals surface area contributed by atoms with Crippen LogP contribution in [0.2, 0.25) is 0 Å². The summed E-state index contributed by atoms with van der Waals surface area (Å²) in [7, 11) is 0. The van der Waals surface area contributed by atoms with Crippen molar-refractivity contribution in [2.24, 2.45) is 0 Å². The Bertz CT molecular complexity index is 1010. The van der Waals surface area contributed by atoms with E-state index in [0.29, 0.717) is 19.3 Å². The Morgan fingerprint density at radius 1 is 1.06 bits per heavy atom. The molecule has 0 spiro atoms. The van der Waals surface area contributed by atoms with Gasteiger partial charge in [-0.3, -0.25) is 9.59 Å². The van der Waals surface area contributed by atoms with Gasteiger partial charge in [0.15, 0.2) is 0 Å². The Balaban J connectivity index is 1.23. The van der Waals surface area contributed by atoms with Gasteiger partial charge in [-0.15, -0.1) is 0 Å². The smallest absolute Gasteiger partial charge is 0.407 e. The SMILES string of the molecule is CCC(CC(=O)O)NC(=O)C1CCC(CNC(=O)OCC2c3ccccc3-c3ccccc32)O1. The third kappa shape index (κ3) is 5.39. The summed E-state index contributed by atoms with van der Waals surface area (Å²) >= 11 is 0. The monoisotopic (exact) mass is 466 g/mol. The Morgan fingerprint density at radius 3 is 2.32 bits per heavy atom. The molecule has 8 nitrogen and oxygen atoms in total. The number of amides is 2. The number of ether oxygens (including phenoxy) is 2. The molecule has 2 aliphatic rings. The van der Waals surface area contributed by atoms with Crippen LogP contribution in [0.15, 0.2) is 48.5 Å². The van der Waals surface area contributed by atoms with Crippen molar-refractivity contribution in [2.45, 2.75) is 56.8 Å². The van der Waals surface area contributed by atoms with Gasteiger partial charge in [0.1, 0.15) is 12.7 Å². The van der Waals surface area contributed by atoms with Crippen LogP contribution in [-0.2, 0) is 19.1 Å². The lowest BCUT2D eigenvalue weighted by molar-refractivity contribution is -0.138. The van der Waals surface area contributed by atoms with Crippen LogP contribution in [0.25, 0.3) is 11.1 Å². The zero-order valence-corrected chi connectivity index (χ0v) is 19.2. The van der Waals surface area contributed by atoms with Gasteiger partial charge in [-0.1, -0.05) is 55.5 Å². The maximum absolute atomic E-state index is 12.4. The molecular formula is C26H30N2O6. The van der Waals surface area contributed by atoms with Crippen molar-refractivity contribution in [2.75, 3.05) is 13.2 Å². The van der Waals surface area contributed by atoms with E-state index >= 15 is 0 Å². The molecule has 0 aromatic heterocycles. The van der Waals surface area contributed by atoms with Crippen molar-refractivity contribution in [1.29, 1.82) is 0 Å². The predicted molar refractivity (Wildman–Crippen MR) is 125 cm³/mol. The van der Waals surface area contributed by atoms with Gasteiger partial charge in [0.25, 0.3) is 0 Å². The van der Waals surface area contributed by atoms with Crippen LogP contribution < -0.4 is 10.6 Å². The van der Waals surface area contributed by atoms with Crippen LogP contribution >= 0.6 is 0 Å². The number of fused-ring (bicyclic) bond motifs is 3. The first-order chi connectivity index (χ1) is 16.5. The minimum absolute atomic E-state index is 0.00808. The fourth-order valence-corrected chi connectivity index (χ4v) is 4.70. The first kappa shape index (κ1) is 23.8. The number of aliphatic carboxylic acids is 1. The topological polar surface area (TPSA) is 114 Å². The average molecular weight is 467 g/mol. The normalized spacial score (nSPS) is 19.7. The number of rotatable bonds is 9. The Labute approximate surface area is 198 Å². The molecule has 2 aromatic rings. The van der Waals surface area contributed by atoms with Crippen molar-refractivity contribution >= 4 is 18.0 Å². The Hall–Kier alpha value is -3.39. The van der Waals surface area contributed by atoms with E-state index in [0.717, 1.165) is 11.1 Å². The summed E-state index contributed by atoms with van der Waals surface area (Å²) < 4.78 is 11.3. The predicted octanol–water partition coefficient (Wildman–Crippen LogP) is 3.44. The van der Waals surface area contributed by atoms with Crippen molar-refractivity contribution in [3.05, 3.63) is 59.7 Å². The Kier molecular flexibility index (Phi) is 7.47. The lowest BCUT2D eigenvalue weighted by Crippen LogP contribution is -2.42. The van der Waals surface area contributed by atoms with Gasteiger partial charge in [0, 0.05) is 18.5 Å². The third-order valence-corrected chi connectivity index (χ3v) is 6.48. The number of hydrogen-bond donors (Lipinski definition) is 3. The molecule has 3 unspecified atom stereocenters. The number of hydrogen-bond acceptors (Lipinski definition) is 5. The summed E-state index contributed by atoms with van der Waals surface area (Å²) in [6.07, 6.45) is 0.0853. The van der Waals surface area contributed by atoms with Crippen molar-refractivity contribution in [1.82, 2.24) is 10.6 Å². The third-order valence-electron chi connectivity index (χ3n) is 6.48. The molecule has 0 saturated carbocycles. The van der Waals surface area contributed by atoms with Crippen LogP contribution in [0.4, 0.5) is 4.79 Å². The molecule has 1 aliphatic heterocycles. The highest BCUT2D eigenvalue weighted by molar-refractivity contribution is 5.82.